The fraction of sp³-hybridized carbons (Fsp3) is 0.455. The number of phenols is 1. The van der Waals surface area contributed by atoms with E-state index in [1.54, 1.807) is 6.92 Å². The SMILES string of the molecule is CC(O)CCNCc1cc(Cl)cc([N+](=O)[O-])c1O. The molecule has 3 N–H and O–H groups in total. The van der Waals surface area contributed by atoms with Crippen LogP contribution in [0.2, 0.25) is 5.02 Å². The molecule has 1 aromatic carbocycles. The summed E-state index contributed by atoms with van der Waals surface area (Å²) < 4.78 is 0. The van der Waals surface area contributed by atoms with Crippen LogP contribution >= 0.6 is 11.6 Å². The van der Waals surface area contributed by atoms with E-state index in [4.69, 9.17) is 16.7 Å². The van der Waals surface area contributed by atoms with Crippen LogP contribution in [-0.2, 0) is 6.54 Å². The van der Waals surface area contributed by atoms with Crippen molar-refractivity contribution in [2.45, 2.75) is 26.0 Å². The summed E-state index contributed by atoms with van der Waals surface area (Å²) in [6, 6.07) is 2.58. The summed E-state index contributed by atoms with van der Waals surface area (Å²) in [6.45, 7) is 2.46. The van der Waals surface area contributed by atoms with Crippen LogP contribution in [0, 0.1) is 10.1 Å². The molecule has 0 spiro atoms. The number of hydrogen-bond donors (Lipinski definition) is 3. The van der Waals surface area contributed by atoms with Gasteiger partial charge >= 0.3 is 5.69 Å². The largest absolute Gasteiger partial charge is 0.502 e. The predicted molar refractivity (Wildman–Crippen MR) is 67.8 cm³/mol. The molecule has 0 radical (unpaired) electrons. The molecule has 0 aliphatic carbocycles. The minimum atomic E-state index is -0.680. The zero-order valence-corrected chi connectivity index (χ0v) is 10.6. The Bertz CT molecular complexity index is 437. The maximum atomic E-state index is 10.7. The maximum Gasteiger partial charge on any atom is 0.312 e. The van der Waals surface area contributed by atoms with Crippen molar-refractivity contribution in [2.75, 3.05) is 6.54 Å². The number of nitrogens with one attached hydrogen (secondary N) is 1. The monoisotopic (exact) mass is 274 g/mol. The molecular weight excluding hydrogens is 260 g/mol. The number of aliphatic hydroxyl groups excluding tert-OH is 1. The molecule has 0 aromatic heterocycles. The molecule has 1 aromatic rings. The van der Waals surface area contributed by atoms with Crippen molar-refractivity contribution in [3.63, 3.8) is 0 Å². The number of benzene rings is 1. The van der Waals surface area contributed by atoms with Gasteiger partial charge in [-0.25, -0.2) is 0 Å². The highest BCUT2D eigenvalue weighted by atomic mass is 35.5. The standard InChI is InChI=1S/C11H15ClN2O4/c1-7(15)2-3-13-6-8-4-9(12)5-10(11(8)16)14(17)18/h4-5,7,13,15-16H,2-3,6H2,1H3. The lowest BCUT2D eigenvalue weighted by Gasteiger charge is -2.08. The van der Waals surface area contributed by atoms with Gasteiger partial charge in [0, 0.05) is 23.2 Å². The van der Waals surface area contributed by atoms with Crippen LogP contribution in [0.15, 0.2) is 12.1 Å². The van der Waals surface area contributed by atoms with E-state index in [1.165, 1.54) is 6.07 Å². The Balaban J connectivity index is 2.73. The zero-order valence-electron chi connectivity index (χ0n) is 9.89. The van der Waals surface area contributed by atoms with Crippen molar-refractivity contribution < 1.29 is 15.1 Å². The number of halogens is 1. The molecule has 0 saturated carbocycles. The number of rotatable bonds is 6. The Labute approximate surface area is 109 Å². The lowest BCUT2D eigenvalue weighted by Crippen LogP contribution is -2.18. The van der Waals surface area contributed by atoms with Crippen LogP contribution in [0.1, 0.15) is 18.9 Å². The second kappa shape index (κ2) is 6.53. The van der Waals surface area contributed by atoms with E-state index in [1.807, 2.05) is 0 Å². The van der Waals surface area contributed by atoms with Gasteiger partial charge in [-0.05, 0) is 26.0 Å². The Kier molecular flexibility index (Phi) is 5.33. The number of aliphatic hydroxyl groups is 1. The normalized spacial score (nSPS) is 12.4. The number of nitro benzene ring substituents is 1. The third kappa shape index (κ3) is 4.14. The van der Waals surface area contributed by atoms with Crippen LogP contribution in [0.4, 0.5) is 5.69 Å². The van der Waals surface area contributed by atoms with Crippen molar-refractivity contribution in [1.82, 2.24) is 5.32 Å². The Morgan fingerprint density at radius 1 is 1.56 bits per heavy atom. The smallest absolute Gasteiger partial charge is 0.312 e. The summed E-state index contributed by atoms with van der Waals surface area (Å²) in [4.78, 5) is 10.00. The molecule has 7 heteroatoms. The summed E-state index contributed by atoms with van der Waals surface area (Å²) in [7, 11) is 0. The van der Waals surface area contributed by atoms with Crippen LogP contribution < -0.4 is 5.32 Å². The molecule has 1 atom stereocenters. The summed E-state index contributed by atoms with van der Waals surface area (Å²) in [5.74, 6) is -0.381. The van der Waals surface area contributed by atoms with Gasteiger partial charge in [-0.1, -0.05) is 11.6 Å². The lowest BCUT2D eigenvalue weighted by molar-refractivity contribution is -0.385. The number of phenolic OH excluding ortho intramolecular Hbond substituents is 1. The predicted octanol–water partition coefficient (Wildman–Crippen LogP) is 1.81. The molecule has 0 heterocycles. The van der Waals surface area contributed by atoms with Gasteiger partial charge in [0.2, 0.25) is 0 Å². The Morgan fingerprint density at radius 3 is 2.78 bits per heavy atom. The van der Waals surface area contributed by atoms with E-state index in [-0.39, 0.29) is 17.3 Å². The second-order valence-electron chi connectivity index (χ2n) is 4.00. The number of aromatic hydroxyl groups is 1. The topological polar surface area (TPSA) is 95.6 Å². The molecular formula is C11H15ClN2O4. The van der Waals surface area contributed by atoms with E-state index in [2.05, 4.69) is 5.32 Å². The molecule has 100 valence electrons. The van der Waals surface area contributed by atoms with E-state index < -0.39 is 16.7 Å². The molecule has 0 saturated heterocycles. The van der Waals surface area contributed by atoms with Gasteiger partial charge in [0.1, 0.15) is 0 Å². The van der Waals surface area contributed by atoms with Gasteiger partial charge in [0.25, 0.3) is 0 Å². The third-order valence-corrected chi connectivity index (χ3v) is 2.60. The molecule has 1 rings (SSSR count). The fourth-order valence-corrected chi connectivity index (χ4v) is 1.68. The quantitative estimate of drug-likeness (QED) is 0.418. The van der Waals surface area contributed by atoms with Gasteiger partial charge in [0.15, 0.2) is 5.75 Å². The number of nitrogens with zero attached hydrogens (tertiary/aromatic N) is 1. The van der Waals surface area contributed by atoms with Crippen molar-refractivity contribution in [2.24, 2.45) is 0 Å². The highest BCUT2D eigenvalue weighted by molar-refractivity contribution is 6.31. The summed E-state index contributed by atoms with van der Waals surface area (Å²) in [5.41, 5.74) is -0.0466. The molecule has 0 bridgehead atoms. The summed E-state index contributed by atoms with van der Waals surface area (Å²) in [6.07, 6.45) is 0.142. The maximum absolute atomic E-state index is 10.7. The minimum Gasteiger partial charge on any atom is -0.502 e. The zero-order chi connectivity index (χ0) is 13.7. The highest BCUT2D eigenvalue weighted by Crippen LogP contribution is 2.33. The first-order valence-corrected chi connectivity index (χ1v) is 5.84. The van der Waals surface area contributed by atoms with Gasteiger partial charge in [-0.3, -0.25) is 10.1 Å². The molecule has 0 aliphatic rings. The van der Waals surface area contributed by atoms with Crippen molar-refractivity contribution in [3.8, 4) is 5.75 Å². The fourth-order valence-electron chi connectivity index (χ4n) is 1.45. The van der Waals surface area contributed by atoms with Crippen molar-refractivity contribution in [3.05, 3.63) is 32.8 Å². The van der Waals surface area contributed by atoms with E-state index in [0.29, 0.717) is 18.5 Å². The summed E-state index contributed by atoms with van der Waals surface area (Å²) in [5, 5.41) is 32.6. The van der Waals surface area contributed by atoms with Gasteiger partial charge in [-0.15, -0.1) is 0 Å². The first-order valence-electron chi connectivity index (χ1n) is 5.46. The number of nitro groups is 1. The van der Waals surface area contributed by atoms with Crippen molar-refractivity contribution in [1.29, 1.82) is 0 Å². The molecule has 0 aliphatic heterocycles. The van der Waals surface area contributed by atoms with Gasteiger partial charge in [0.05, 0.1) is 11.0 Å². The lowest BCUT2D eigenvalue weighted by atomic mass is 10.1. The first-order chi connectivity index (χ1) is 8.41. The Hall–Kier alpha value is -1.37. The minimum absolute atomic E-state index is 0.201. The molecule has 18 heavy (non-hydrogen) atoms. The van der Waals surface area contributed by atoms with E-state index in [9.17, 15) is 15.2 Å². The van der Waals surface area contributed by atoms with Crippen molar-refractivity contribution >= 4 is 17.3 Å². The third-order valence-electron chi connectivity index (χ3n) is 2.38. The highest BCUT2D eigenvalue weighted by Gasteiger charge is 2.18. The molecule has 1 unspecified atom stereocenters. The number of hydrogen-bond acceptors (Lipinski definition) is 5. The summed E-state index contributed by atoms with van der Waals surface area (Å²) >= 11 is 5.75. The van der Waals surface area contributed by atoms with Gasteiger partial charge < -0.3 is 15.5 Å². The Morgan fingerprint density at radius 2 is 2.22 bits per heavy atom. The average Bonchev–Trinajstić information content (AvgIpc) is 2.27. The van der Waals surface area contributed by atoms with Gasteiger partial charge in [-0.2, -0.15) is 0 Å². The molecule has 6 nitrogen and oxygen atoms in total. The molecule has 0 fully saturated rings. The second-order valence-corrected chi connectivity index (χ2v) is 4.44. The average molecular weight is 275 g/mol. The van der Waals surface area contributed by atoms with Crippen LogP contribution in [0.3, 0.4) is 0 Å². The van der Waals surface area contributed by atoms with Crippen LogP contribution in [0.5, 0.6) is 5.75 Å². The molecule has 0 amide bonds. The van der Waals surface area contributed by atoms with E-state index >= 15 is 0 Å². The van der Waals surface area contributed by atoms with Crippen LogP contribution in [-0.4, -0.2) is 27.8 Å². The first kappa shape index (κ1) is 14.7. The van der Waals surface area contributed by atoms with Crippen LogP contribution in [0.25, 0.3) is 0 Å². The van der Waals surface area contributed by atoms with E-state index in [0.717, 1.165) is 6.07 Å².